The molecule has 0 aliphatic heterocycles. The highest BCUT2D eigenvalue weighted by atomic mass is 32.2. The van der Waals surface area contributed by atoms with Crippen molar-refractivity contribution in [1.82, 2.24) is 9.38 Å². The molecule has 0 bridgehead atoms. The van der Waals surface area contributed by atoms with E-state index in [2.05, 4.69) is 4.98 Å². The van der Waals surface area contributed by atoms with E-state index in [1.807, 2.05) is 19.1 Å². The molecule has 0 atom stereocenters. The summed E-state index contributed by atoms with van der Waals surface area (Å²) >= 11 is 0. The molecule has 0 spiro atoms. The average Bonchev–Trinajstić information content (AvgIpc) is 2.85. The third-order valence-electron chi connectivity index (χ3n) is 5.32. The predicted octanol–water partition coefficient (Wildman–Crippen LogP) is 4.70. The van der Waals surface area contributed by atoms with Gasteiger partial charge < -0.3 is 4.74 Å². The highest BCUT2D eigenvalue weighted by Crippen LogP contribution is 2.27. The molecule has 170 valence electrons. The number of allylic oxidation sites excluding steroid dienone is 1. The van der Waals surface area contributed by atoms with Crippen molar-refractivity contribution in [3.8, 4) is 17.7 Å². The summed E-state index contributed by atoms with van der Waals surface area (Å²) in [6.45, 7) is 3.83. The number of rotatable bonds is 6. The number of aryl methyl sites for hydroxylation is 2. The third kappa shape index (κ3) is 4.34. The molecule has 0 fully saturated rings. The average molecular weight is 472 g/mol. The number of benzene rings is 2. The van der Waals surface area contributed by atoms with Gasteiger partial charge in [0, 0.05) is 6.20 Å². The second-order valence-electron chi connectivity index (χ2n) is 7.56. The van der Waals surface area contributed by atoms with Crippen LogP contribution in [0.5, 0.6) is 11.6 Å². The van der Waals surface area contributed by atoms with E-state index in [-0.39, 0.29) is 16.3 Å². The molecule has 0 N–H and O–H groups in total. The fourth-order valence-corrected chi connectivity index (χ4v) is 4.59. The summed E-state index contributed by atoms with van der Waals surface area (Å²) in [7, 11) is -4.16. The quantitative estimate of drug-likeness (QED) is 0.378. The van der Waals surface area contributed by atoms with Crippen LogP contribution in [0, 0.1) is 18.3 Å². The standard InChI is InChI=1S/C26H21N3O4S/c1-3-19-11-13-20(14-12-19)33-25-23(26(30)29-15-7-8-18(2)24(29)28-25)16-22(17-27)34(31,32)21-9-5-4-6-10-21/h4-16H,3H2,1-2H3/b22-16+. The zero-order valence-electron chi connectivity index (χ0n) is 18.6. The van der Waals surface area contributed by atoms with Gasteiger partial charge in [-0.1, -0.05) is 43.3 Å². The van der Waals surface area contributed by atoms with Crippen LogP contribution in [-0.2, 0) is 16.3 Å². The van der Waals surface area contributed by atoms with E-state index in [4.69, 9.17) is 4.74 Å². The fraction of sp³-hybridized carbons (Fsp3) is 0.115. The fourth-order valence-electron chi connectivity index (χ4n) is 3.43. The van der Waals surface area contributed by atoms with Gasteiger partial charge >= 0.3 is 0 Å². The number of aromatic nitrogens is 2. The lowest BCUT2D eigenvalue weighted by Crippen LogP contribution is -2.20. The lowest BCUT2D eigenvalue weighted by atomic mass is 10.2. The molecular formula is C26H21N3O4S. The Morgan fingerprint density at radius 3 is 2.44 bits per heavy atom. The number of sulfone groups is 1. The summed E-state index contributed by atoms with van der Waals surface area (Å²) in [5.41, 5.74) is 1.52. The summed E-state index contributed by atoms with van der Waals surface area (Å²) in [6, 6.07) is 20.1. The summed E-state index contributed by atoms with van der Waals surface area (Å²) in [5, 5.41) is 9.70. The van der Waals surface area contributed by atoms with Crippen LogP contribution in [0.25, 0.3) is 11.7 Å². The number of hydrogen-bond donors (Lipinski definition) is 0. The third-order valence-corrected chi connectivity index (χ3v) is 7.01. The molecule has 0 amide bonds. The molecule has 2 aromatic heterocycles. The minimum absolute atomic E-state index is 0.0508. The van der Waals surface area contributed by atoms with Gasteiger partial charge in [-0.25, -0.2) is 8.42 Å². The van der Waals surface area contributed by atoms with Gasteiger partial charge in [-0.15, -0.1) is 0 Å². The Hall–Kier alpha value is -4.22. The first kappa shape index (κ1) is 23.0. The molecule has 0 aliphatic rings. The normalized spacial score (nSPS) is 11.9. The van der Waals surface area contributed by atoms with Gasteiger partial charge in [0.1, 0.15) is 27.9 Å². The number of nitriles is 1. The van der Waals surface area contributed by atoms with Gasteiger partial charge in [-0.3, -0.25) is 9.20 Å². The summed E-state index contributed by atoms with van der Waals surface area (Å²) < 4.78 is 33.4. The Bertz CT molecular complexity index is 1600. The minimum Gasteiger partial charge on any atom is -0.438 e. The van der Waals surface area contributed by atoms with Gasteiger partial charge in [0.05, 0.1) is 4.90 Å². The van der Waals surface area contributed by atoms with E-state index in [1.165, 1.54) is 22.7 Å². The maximum Gasteiger partial charge on any atom is 0.269 e. The maximum atomic E-state index is 13.4. The van der Waals surface area contributed by atoms with Crippen molar-refractivity contribution in [2.24, 2.45) is 0 Å². The highest BCUT2D eigenvalue weighted by Gasteiger charge is 2.23. The Kier molecular flexibility index (Phi) is 6.30. The molecule has 8 heteroatoms. The molecule has 4 aromatic rings. The Balaban J connectivity index is 1.94. The Morgan fingerprint density at radius 2 is 1.79 bits per heavy atom. The largest absolute Gasteiger partial charge is 0.438 e. The smallest absolute Gasteiger partial charge is 0.269 e. The minimum atomic E-state index is -4.16. The van der Waals surface area contributed by atoms with Gasteiger partial charge in [-0.2, -0.15) is 10.2 Å². The predicted molar refractivity (Wildman–Crippen MR) is 129 cm³/mol. The van der Waals surface area contributed by atoms with Crippen LogP contribution in [-0.4, -0.2) is 17.8 Å². The lowest BCUT2D eigenvalue weighted by Gasteiger charge is -2.12. The van der Waals surface area contributed by atoms with Gasteiger partial charge in [0.15, 0.2) is 0 Å². The zero-order chi connectivity index (χ0) is 24.3. The van der Waals surface area contributed by atoms with Crippen LogP contribution >= 0.6 is 0 Å². The molecule has 0 saturated carbocycles. The highest BCUT2D eigenvalue weighted by molar-refractivity contribution is 7.95. The zero-order valence-corrected chi connectivity index (χ0v) is 19.4. The summed E-state index contributed by atoms with van der Waals surface area (Å²) in [5.74, 6) is 0.348. The molecular weight excluding hydrogens is 450 g/mol. The van der Waals surface area contributed by atoms with E-state index in [9.17, 15) is 18.5 Å². The Labute approximate surface area is 197 Å². The molecule has 0 radical (unpaired) electrons. The van der Waals surface area contributed by atoms with Crippen LogP contribution in [0.3, 0.4) is 0 Å². The van der Waals surface area contributed by atoms with Crippen molar-refractivity contribution in [1.29, 1.82) is 5.26 Å². The monoisotopic (exact) mass is 471 g/mol. The number of fused-ring (bicyclic) bond motifs is 1. The van der Waals surface area contributed by atoms with Crippen molar-refractivity contribution in [3.05, 3.63) is 105 Å². The van der Waals surface area contributed by atoms with E-state index < -0.39 is 20.3 Å². The number of nitrogens with zero attached hydrogens (tertiary/aromatic N) is 3. The van der Waals surface area contributed by atoms with Crippen molar-refractivity contribution in [2.45, 2.75) is 25.2 Å². The summed E-state index contributed by atoms with van der Waals surface area (Å²) in [6.07, 6.45) is 3.42. The first-order chi connectivity index (χ1) is 16.3. The van der Waals surface area contributed by atoms with Crippen molar-refractivity contribution < 1.29 is 13.2 Å². The van der Waals surface area contributed by atoms with Crippen molar-refractivity contribution in [3.63, 3.8) is 0 Å². The van der Waals surface area contributed by atoms with Crippen LogP contribution in [0.1, 0.15) is 23.6 Å². The molecule has 34 heavy (non-hydrogen) atoms. The van der Waals surface area contributed by atoms with E-state index in [0.29, 0.717) is 11.4 Å². The van der Waals surface area contributed by atoms with Crippen LogP contribution < -0.4 is 10.3 Å². The van der Waals surface area contributed by atoms with Gasteiger partial charge in [0.2, 0.25) is 15.7 Å². The van der Waals surface area contributed by atoms with E-state index >= 15 is 0 Å². The first-order valence-electron chi connectivity index (χ1n) is 10.6. The van der Waals surface area contributed by atoms with E-state index in [1.54, 1.807) is 55.5 Å². The molecule has 2 heterocycles. The molecule has 0 saturated heterocycles. The Morgan fingerprint density at radius 1 is 1.09 bits per heavy atom. The maximum absolute atomic E-state index is 13.4. The molecule has 4 rings (SSSR count). The molecule has 7 nitrogen and oxygen atoms in total. The number of hydrogen-bond acceptors (Lipinski definition) is 6. The van der Waals surface area contributed by atoms with Crippen LogP contribution in [0.4, 0.5) is 0 Å². The second kappa shape index (κ2) is 9.33. The van der Waals surface area contributed by atoms with Crippen molar-refractivity contribution in [2.75, 3.05) is 0 Å². The van der Waals surface area contributed by atoms with Gasteiger partial charge in [-0.05, 0) is 60.9 Å². The number of pyridine rings is 1. The SMILES string of the molecule is CCc1ccc(Oc2nc3c(C)cccn3c(=O)c2/C=C(\C#N)S(=O)(=O)c2ccccc2)cc1. The molecule has 0 aliphatic carbocycles. The van der Waals surface area contributed by atoms with E-state index in [0.717, 1.165) is 23.6 Å². The lowest BCUT2D eigenvalue weighted by molar-refractivity contribution is 0.460. The van der Waals surface area contributed by atoms with Crippen molar-refractivity contribution >= 4 is 21.6 Å². The summed E-state index contributed by atoms with van der Waals surface area (Å²) in [4.78, 5) is 17.3. The molecule has 0 unspecified atom stereocenters. The number of ether oxygens (including phenoxy) is 1. The second-order valence-corrected chi connectivity index (χ2v) is 9.48. The van der Waals surface area contributed by atoms with Crippen LogP contribution in [0.2, 0.25) is 0 Å². The van der Waals surface area contributed by atoms with Crippen LogP contribution in [0.15, 0.2) is 87.5 Å². The molecule has 2 aromatic carbocycles. The first-order valence-corrected chi connectivity index (χ1v) is 12.0. The topological polar surface area (TPSA) is 102 Å². The van der Waals surface area contributed by atoms with Gasteiger partial charge in [0.25, 0.3) is 5.56 Å².